The molecule has 0 aliphatic carbocycles. The van der Waals surface area contributed by atoms with Crippen LogP contribution in [0.15, 0.2) is 18.2 Å². The van der Waals surface area contributed by atoms with E-state index in [1.165, 1.54) is 12.1 Å². The summed E-state index contributed by atoms with van der Waals surface area (Å²) in [7, 11) is 0. The van der Waals surface area contributed by atoms with Gasteiger partial charge in [0.2, 0.25) is 0 Å². The number of nitrogens with two attached hydrogens (primary N) is 1. The summed E-state index contributed by atoms with van der Waals surface area (Å²) in [5.41, 5.74) is 6.04. The van der Waals surface area contributed by atoms with Crippen LogP contribution in [0.2, 0.25) is 0 Å². The third-order valence-corrected chi connectivity index (χ3v) is 1.72. The molecule has 1 aromatic carbocycles. The molecule has 0 fully saturated rings. The van der Waals surface area contributed by atoms with E-state index in [-0.39, 0.29) is 11.6 Å². The largest absolute Gasteiger partial charge is 0.396 e. The summed E-state index contributed by atoms with van der Waals surface area (Å²) in [6.07, 6.45) is 0. The van der Waals surface area contributed by atoms with Crippen molar-refractivity contribution in [1.82, 2.24) is 0 Å². The first-order chi connectivity index (χ1) is 5.65. The van der Waals surface area contributed by atoms with Crippen molar-refractivity contribution >= 4 is 5.69 Å². The van der Waals surface area contributed by atoms with Crippen molar-refractivity contribution in [3.63, 3.8) is 0 Å². The van der Waals surface area contributed by atoms with Gasteiger partial charge in [0.15, 0.2) is 0 Å². The Morgan fingerprint density at radius 3 is 2.75 bits per heavy atom. The zero-order chi connectivity index (χ0) is 9.14. The molecule has 1 atom stereocenters. The van der Waals surface area contributed by atoms with Crippen LogP contribution >= 0.6 is 0 Å². The summed E-state index contributed by atoms with van der Waals surface area (Å²) in [5, 5.41) is 8.54. The lowest BCUT2D eigenvalue weighted by Crippen LogP contribution is -1.94. The van der Waals surface area contributed by atoms with E-state index >= 15 is 0 Å². The van der Waals surface area contributed by atoms with Crippen LogP contribution in [-0.4, -0.2) is 0 Å². The van der Waals surface area contributed by atoms with Crippen molar-refractivity contribution in [2.75, 3.05) is 5.73 Å². The van der Waals surface area contributed by atoms with E-state index in [9.17, 15) is 4.39 Å². The SMILES string of the molecule is CC(C#N)c1ccc(N)c(F)c1. The average Bonchev–Trinajstić information content (AvgIpc) is 2.08. The molecule has 0 aliphatic rings. The smallest absolute Gasteiger partial charge is 0.146 e. The Bertz CT molecular complexity index is 328. The minimum absolute atomic E-state index is 0.115. The molecule has 12 heavy (non-hydrogen) atoms. The van der Waals surface area contributed by atoms with Gasteiger partial charge in [0.25, 0.3) is 0 Å². The lowest BCUT2D eigenvalue weighted by molar-refractivity contribution is 0.629. The molecule has 2 N–H and O–H groups in total. The van der Waals surface area contributed by atoms with Crippen LogP contribution in [0.5, 0.6) is 0 Å². The predicted molar refractivity (Wildman–Crippen MR) is 44.8 cm³/mol. The zero-order valence-electron chi connectivity index (χ0n) is 6.71. The van der Waals surface area contributed by atoms with Crippen LogP contribution < -0.4 is 5.73 Å². The highest BCUT2D eigenvalue weighted by molar-refractivity contribution is 5.42. The Balaban J connectivity index is 3.06. The van der Waals surface area contributed by atoms with Crippen LogP contribution in [0, 0.1) is 17.1 Å². The van der Waals surface area contributed by atoms with Gasteiger partial charge in [-0.1, -0.05) is 6.07 Å². The molecule has 1 rings (SSSR count). The van der Waals surface area contributed by atoms with Crippen LogP contribution in [0.25, 0.3) is 0 Å². The first-order valence-electron chi connectivity index (χ1n) is 3.59. The third kappa shape index (κ3) is 1.54. The van der Waals surface area contributed by atoms with Crippen LogP contribution in [0.3, 0.4) is 0 Å². The van der Waals surface area contributed by atoms with E-state index in [1.54, 1.807) is 13.0 Å². The van der Waals surface area contributed by atoms with Crippen molar-refractivity contribution in [1.29, 1.82) is 5.26 Å². The Kier molecular flexibility index (Phi) is 2.29. The highest BCUT2D eigenvalue weighted by atomic mass is 19.1. The fraction of sp³-hybridized carbons (Fsp3) is 0.222. The molecule has 0 aliphatic heterocycles. The highest BCUT2D eigenvalue weighted by Gasteiger charge is 2.05. The van der Waals surface area contributed by atoms with E-state index < -0.39 is 5.82 Å². The number of rotatable bonds is 1. The second kappa shape index (κ2) is 3.22. The van der Waals surface area contributed by atoms with Crippen molar-refractivity contribution in [3.8, 4) is 6.07 Å². The summed E-state index contributed by atoms with van der Waals surface area (Å²) in [5.74, 6) is -0.755. The number of hydrogen-bond donors (Lipinski definition) is 1. The molecule has 1 aromatic rings. The number of nitrogen functional groups attached to an aromatic ring is 1. The molecule has 0 heterocycles. The van der Waals surface area contributed by atoms with Gasteiger partial charge in [0.1, 0.15) is 5.82 Å². The maximum absolute atomic E-state index is 12.8. The summed E-state index contributed by atoms with van der Waals surface area (Å²) in [4.78, 5) is 0. The fourth-order valence-corrected chi connectivity index (χ4v) is 0.887. The molecular formula is C9H9FN2. The second-order valence-corrected chi connectivity index (χ2v) is 2.63. The molecule has 62 valence electrons. The van der Waals surface area contributed by atoms with Crippen molar-refractivity contribution in [2.45, 2.75) is 12.8 Å². The molecule has 2 nitrogen and oxygen atoms in total. The number of benzene rings is 1. The number of nitriles is 1. The Morgan fingerprint density at radius 1 is 1.58 bits per heavy atom. The minimum atomic E-state index is -0.463. The topological polar surface area (TPSA) is 49.8 Å². The van der Waals surface area contributed by atoms with Gasteiger partial charge in [-0.25, -0.2) is 4.39 Å². The predicted octanol–water partition coefficient (Wildman–Crippen LogP) is 2.03. The maximum atomic E-state index is 12.8. The van der Waals surface area contributed by atoms with Crippen LogP contribution in [-0.2, 0) is 0 Å². The van der Waals surface area contributed by atoms with E-state index in [1.807, 2.05) is 6.07 Å². The Hall–Kier alpha value is -1.56. The first-order valence-corrected chi connectivity index (χ1v) is 3.59. The lowest BCUT2D eigenvalue weighted by Gasteiger charge is -2.03. The molecule has 3 heteroatoms. The molecule has 1 unspecified atom stereocenters. The van der Waals surface area contributed by atoms with Gasteiger partial charge < -0.3 is 5.73 Å². The maximum Gasteiger partial charge on any atom is 0.146 e. The molecule has 0 spiro atoms. The highest BCUT2D eigenvalue weighted by Crippen LogP contribution is 2.18. The summed E-state index contributed by atoms with van der Waals surface area (Å²) in [6.45, 7) is 1.71. The molecule has 0 saturated heterocycles. The van der Waals surface area contributed by atoms with Gasteiger partial charge in [0.05, 0.1) is 17.7 Å². The Labute approximate surface area is 70.4 Å². The summed E-state index contributed by atoms with van der Waals surface area (Å²) >= 11 is 0. The van der Waals surface area contributed by atoms with E-state index in [0.717, 1.165) is 0 Å². The number of anilines is 1. The fourth-order valence-electron chi connectivity index (χ4n) is 0.887. The van der Waals surface area contributed by atoms with Gasteiger partial charge in [0, 0.05) is 0 Å². The van der Waals surface area contributed by atoms with Gasteiger partial charge in [-0.3, -0.25) is 0 Å². The molecular weight excluding hydrogens is 155 g/mol. The average molecular weight is 164 g/mol. The van der Waals surface area contributed by atoms with Crippen molar-refractivity contribution in [3.05, 3.63) is 29.6 Å². The van der Waals surface area contributed by atoms with E-state index in [2.05, 4.69) is 0 Å². The summed E-state index contributed by atoms with van der Waals surface area (Å²) in [6, 6.07) is 6.45. The molecule has 0 saturated carbocycles. The van der Waals surface area contributed by atoms with Crippen LogP contribution in [0.1, 0.15) is 18.4 Å². The number of hydrogen-bond acceptors (Lipinski definition) is 2. The Morgan fingerprint density at radius 2 is 2.25 bits per heavy atom. The molecule has 0 bridgehead atoms. The molecule has 0 radical (unpaired) electrons. The monoisotopic (exact) mass is 164 g/mol. The lowest BCUT2D eigenvalue weighted by atomic mass is 10.0. The van der Waals surface area contributed by atoms with Gasteiger partial charge in [-0.15, -0.1) is 0 Å². The quantitative estimate of drug-likeness (QED) is 0.645. The standard InChI is InChI=1S/C9H9FN2/c1-6(5-11)7-2-3-9(12)8(10)4-7/h2-4,6H,12H2,1H3. The number of nitrogens with zero attached hydrogens (tertiary/aromatic N) is 1. The first kappa shape index (κ1) is 8.54. The van der Waals surface area contributed by atoms with Gasteiger partial charge >= 0.3 is 0 Å². The number of halogens is 1. The zero-order valence-corrected chi connectivity index (χ0v) is 6.71. The van der Waals surface area contributed by atoms with Crippen molar-refractivity contribution in [2.24, 2.45) is 0 Å². The normalized spacial score (nSPS) is 12.1. The summed E-state index contributed by atoms with van der Waals surface area (Å²) < 4.78 is 12.8. The van der Waals surface area contributed by atoms with E-state index in [4.69, 9.17) is 11.0 Å². The van der Waals surface area contributed by atoms with Gasteiger partial charge in [-0.2, -0.15) is 5.26 Å². The van der Waals surface area contributed by atoms with Crippen LogP contribution in [0.4, 0.5) is 10.1 Å². The minimum Gasteiger partial charge on any atom is -0.396 e. The molecule has 0 amide bonds. The second-order valence-electron chi connectivity index (χ2n) is 2.63. The third-order valence-electron chi connectivity index (χ3n) is 1.72. The van der Waals surface area contributed by atoms with E-state index in [0.29, 0.717) is 5.56 Å². The van der Waals surface area contributed by atoms with Crippen molar-refractivity contribution < 1.29 is 4.39 Å². The molecule has 0 aromatic heterocycles. The van der Waals surface area contributed by atoms with Gasteiger partial charge in [-0.05, 0) is 24.6 Å².